The van der Waals surface area contributed by atoms with Crippen molar-refractivity contribution < 1.29 is 27.8 Å². The van der Waals surface area contributed by atoms with Crippen LogP contribution >= 0.6 is 0 Å². The van der Waals surface area contributed by atoms with E-state index in [2.05, 4.69) is 9.64 Å². The molecule has 3 heterocycles. The Morgan fingerprint density at radius 1 is 1.10 bits per heavy atom. The fraction of sp³-hybridized carbons (Fsp3) is 0.391. The Morgan fingerprint density at radius 3 is 2.42 bits per heavy atom. The molecule has 2 aromatic rings. The molecule has 1 amide bonds. The van der Waals surface area contributed by atoms with Crippen LogP contribution in [0.25, 0.3) is 0 Å². The lowest BCUT2D eigenvalue weighted by Gasteiger charge is -2.44. The first-order chi connectivity index (χ1) is 15.0. The minimum absolute atomic E-state index is 0.0399. The Bertz CT molecular complexity index is 959. The van der Waals surface area contributed by atoms with Crippen molar-refractivity contribution in [3.8, 4) is 0 Å². The Hall–Kier alpha value is -3.00. The lowest BCUT2D eigenvalue weighted by Crippen LogP contribution is -2.53. The molecule has 164 valence electrons. The summed E-state index contributed by atoms with van der Waals surface area (Å²) in [5, 5.41) is 0. The summed E-state index contributed by atoms with van der Waals surface area (Å²) in [5.41, 5.74) is 0.787. The molecular weight excluding hydrogens is 406 g/mol. The largest absolute Gasteiger partial charge is 0.465 e. The maximum Gasteiger partial charge on any atom is 0.415 e. The summed E-state index contributed by atoms with van der Waals surface area (Å²) in [6, 6.07) is 10.1. The highest BCUT2D eigenvalue weighted by molar-refractivity contribution is 5.90. The molecule has 0 spiro atoms. The van der Waals surface area contributed by atoms with Crippen LogP contribution in [0.1, 0.15) is 28.8 Å². The summed E-state index contributed by atoms with van der Waals surface area (Å²) in [6.45, 7) is 2.60. The highest BCUT2D eigenvalue weighted by Crippen LogP contribution is 2.31. The Balaban J connectivity index is 1.58. The highest BCUT2D eigenvalue weighted by Gasteiger charge is 2.37. The van der Waals surface area contributed by atoms with E-state index in [1.807, 2.05) is 0 Å². The SMILES string of the molecule is COC(=O)c1ccc(CN(C(=O)O[C@H]2CN3CCC2CC3)c2cccc(F)c2F)cc1. The summed E-state index contributed by atoms with van der Waals surface area (Å²) in [6.07, 6.45) is 0.929. The van der Waals surface area contributed by atoms with Crippen molar-refractivity contribution in [3.05, 3.63) is 65.2 Å². The normalized spacial score (nSPS) is 22.1. The lowest BCUT2D eigenvalue weighted by molar-refractivity contribution is -0.0311. The third-order valence-electron chi connectivity index (χ3n) is 6.01. The molecule has 0 aromatic heterocycles. The van der Waals surface area contributed by atoms with E-state index in [0.717, 1.165) is 36.9 Å². The number of methoxy groups -OCH3 is 1. The van der Waals surface area contributed by atoms with Crippen molar-refractivity contribution >= 4 is 17.7 Å². The number of anilines is 1. The zero-order valence-electron chi connectivity index (χ0n) is 17.2. The highest BCUT2D eigenvalue weighted by atomic mass is 19.2. The van der Waals surface area contributed by atoms with Crippen LogP contribution in [0.3, 0.4) is 0 Å². The lowest BCUT2D eigenvalue weighted by atomic mass is 9.86. The molecule has 0 N–H and O–H groups in total. The number of nitrogens with zero attached hydrogens (tertiary/aromatic N) is 2. The van der Waals surface area contributed by atoms with Gasteiger partial charge in [-0.3, -0.25) is 9.80 Å². The molecule has 5 rings (SSSR count). The van der Waals surface area contributed by atoms with Crippen LogP contribution in [0.5, 0.6) is 0 Å². The summed E-state index contributed by atoms with van der Waals surface area (Å²) in [7, 11) is 1.29. The number of piperidine rings is 3. The van der Waals surface area contributed by atoms with Crippen molar-refractivity contribution in [1.82, 2.24) is 4.90 Å². The van der Waals surface area contributed by atoms with Crippen LogP contribution in [0.15, 0.2) is 42.5 Å². The van der Waals surface area contributed by atoms with Gasteiger partial charge in [0.15, 0.2) is 11.6 Å². The number of fused-ring (bicyclic) bond motifs is 3. The summed E-state index contributed by atoms with van der Waals surface area (Å²) >= 11 is 0. The second-order valence-electron chi connectivity index (χ2n) is 7.91. The van der Waals surface area contributed by atoms with E-state index in [0.29, 0.717) is 17.7 Å². The number of rotatable bonds is 5. The Kier molecular flexibility index (Phi) is 6.18. The van der Waals surface area contributed by atoms with Crippen molar-refractivity contribution in [2.75, 3.05) is 31.6 Å². The second-order valence-corrected chi connectivity index (χ2v) is 7.91. The van der Waals surface area contributed by atoms with Crippen LogP contribution in [-0.4, -0.2) is 49.8 Å². The van der Waals surface area contributed by atoms with Gasteiger partial charge >= 0.3 is 12.1 Å². The molecular formula is C23H24F2N2O4. The van der Waals surface area contributed by atoms with Gasteiger partial charge in [-0.05, 0) is 61.7 Å². The topological polar surface area (TPSA) is 59.1 Å². The van der Waals surface area contributed by atoms with Gasteiger partial charge in [0, 0.05) is 6.54 Å². The van der Waals surface area contributed by atoms with E-state index in [4.69, 9.17) is 4.74 Å². The fourth-order valence-electron chi connectivity index (χ4n) is 4.23. The maximum atomic E-state index is 14.6. The van der Waals surface area contributed by atoms with E-state index in [1.54, 1.807) is 24.3 Å². The smallest absolute Gasteiger partial charge is 0.415 e. The van der Waals surface area contributed by atoms with Crippen molar-refractivity contribution in [1.29, 1.82) is 0 Å². The minimum atomic E-state index is -1.11. The van der Waals surface area contributed by atoms with Gasteiger partial charge in [-0.1, -0.05) is 18.2 Å². The number of carbonyl (C=O) groups is 2. The number of esters is 1. The van der Waals surface area contributed by atoms with Crippen LogP contribution in [0, 0.1) is 17.6 Å². The maximum absolute atomic E-state index is 14.6. The van der Waals surface area contributed by atoms with Crippen molar-refractivity contribution in [2.45, 2.75) is 25.5 Å². The summed E-state index contributed by atoms with van der Waals surface area (Å²) in [4.78, 5) is 28.1. The van der Waals surface area contributed by atoms with Gasteiger partial charge in [0.05, 0.1) is 24.9 Å². The molecule has 1 atom stereocenters. The fourth-order valence-corrected chi connectivity index (χ4v) is 4.23. The van der Waals surface area contributed by atoms with Gasteiger partial charge in [0.1, 0.15) is 6.10 Å². The second kappa shape index (κ2) is 9.01. The van der Waals surface area contributed by atoms with E-state index >= 15 is 0 Å². The van der Waals surface area contributed by atoms with E-state index in [9.17, 15) is 18.4 Å². The number of carbonyl (C=O) groups excluding carboxylic acids is 2. The molecule has 8 heteroatoms. The van der Waals surface area contributed by atoms with E-state index in [1.165, 1.54) is 19.2 Å². The minimum Gasteiger partial charge on any atom is -0.465 e. The molecule has 2 bridgehead atoms. The molecule has 2 aromatic carbocycles. The first kappa shape index (κ1) is 21.2. The molecule has 0 aliphatic carbocycles. The summed E-state index contributed by atoms with van der Waals surface area (Å²) in [5.74, 6) is -2.35. The van der Waals surface area contributed by atoms with Gasteiger partial charge in [-0.15, -0.1) is 0 Å². The van der Waals surface area contributed by atoms with Gasteiger partial charge < -0.3 is 9.47 Å². The number of hydrogen-bond donors (Lipinski definition) is 0. The molecule has 6 nitrogen and oxygen atoms in total. The molecule has 3 aliphatic rings. The van der Waals surface area contributed by atoms with Crippen LogP contribution in [0.4, 0.5) is 19.3 Å². The monoisotopic (exact) mass is 430 g/mol. The zero-order chi connectivity index (χ0) is 22.0. The predicted octanol–water partition coefficient (Wildman–Crippen LogP) is 3.99. The van der Waals surface area contributed by atoms with Gasteiger partial charge in [-0.2, -0.15) is 0 Å². The Morgan fingerprint density at radius 2 is 1.81 bits per heavy atom. The third-order valence-corrected chi connectivity index (χ3v) is 6.01. The van der Waals surface area contributed by atoms with Crippen LogP contribution in [-0.2, 0) is 16.0 Å². The Labute approximate surface area is 179 Å². The number of halogens is 2. The van der Waals surface area contributed by atoms with Gasteiger partial charge in [0.2, 0.25) is 0 Å². The molecule has 3 aliphatic heterocycles. The number of hydrogen-bond acceptors (Lipinski definition) is 5. The number of amides is 1. The van der Waals surface area contributed by atoms with Gasteiger partial charge in [0.25, 0.3) is 0 Å². The molecule has 0 radical (unpaired) electrons. The zero-order valence-corrected chi connectivity index (χ0v) is 17.2. The molecule has 3 fully saturated rings. The average molecular weight is 430 g/mol. The number of ether oxygens (including phenoxy) is 2. The first-order valence-corrected chi connectivity index (χ1v) is 10.3. The van der Waals surface area contributed by atoms with E-state index in [-0.39, 0.29) is 24.3 Å². The molecule has 0 saturated carbocycles. The van der Waals surface area contributed by atoms with Crippen LogP contribution in [0.2, 0.25) is 0 Å². The van der Waals surface area contributed by atoms with Gasteiger partial charge in [-0.25, -0.2) is 18.4 Å². The number of benzene rings is 2. The van der Waals surface area contributed by atoms with Crippen molar-refractivity contribution in [3.63, 3.8) is 0 Å². The summed E-state index contributed by atoms with van der Waals surface area (Å²) < 4.78 is 38.9. The third kappa shape index (κ3) is 4.54. The molecule has 31 heavy (non-hydrogen) atoms. The average Bonchev–Trinajstić information content (AvgIpc) is 2.80. The standard InChI is InChI=1S/C23H24F2N2O4/c1-30-22(28)17-7-5-15(6-8-17)13-27(19-4-2-3-18(24)21(19)25)23(29)31-20-14-26-11-9-16(20)10-12-26/h2-8,16,20H,9-14H2,1H3/t20-/m0/s1. The quantitative estimate of drug-likeness (QED) is 0.672. The molecule has 3 saturated heterocycles. The van der Waals surface area contributed by atoms with E-state index < -0.39 is 23.7 Å². The van der Waals surface area contributed by atoms with Crippen LogP contribution < -0.4 is 4.90 Å². The predicted molar refractivity (Wildman–Crippen MR) is 110 cm³/mol. The van der Waals surface area contributed by atoms with Crippen molar-refractivity contribution in [2.24, 2.45) is 5.92 Å². The first-order valence-electron chi connectivity index (χ1n) is 10.3. The molecule has 0 unspecified atom stereocenters.